The number of nitrogens with zero attached hydrogens (tertiary/aromatic N) is 1. The van der Waals surface area contributed by atoms with E-state index >= 15 is 0 Å². The summed E-state index contributed by atoms with van der Waals surface area (Å²) >= 11 is 0. The summed E-state index contributed by atoms with van der Waals surface area (Å²) in [6, 6.07) is 5.91. The number of sulfonamides is 1. The Morgan fingerprint density at radius 3 is 2.46 bits per heavy atom. The number of anilines is 1. The molecule has 0 aliphatic heterocycles. The van der Waals surface area contributed by atoms with Crippen molar-refractivity contribution in [2.24, 2.45) is 0 Å². The van der Waals surface area contributed by atoms with E-state index in [4.69, 9.17) is 4.74 Å². The van der Waals surface area contributed by atoms with Gasteiger partial charge in [-0.05, 0) is 24.6 Å². The summed E-state index contributed by atoms with van der Waals surface area (Å²) in [5.41, 5.74) is 0.410. The van der Waals surface area contributed by atoms with Crippen molar-refractivity contribution in [2.75, 3.05) is 30.2 Å². The number of rotatable bonds is 11. The highest BCUT2D eigenvalue weighted by molar-refractivity contribution is 7.92. The first-order chi connectivity index (χ1) is 12.3. The number of hydrogen-bond acceptors (Lipinski definition) is 5. The molecule has 0 atom stereocenters. The Kier molecular flexibility index (Phi) is 8.57. The average Bonchev–Trinajstić information content (AvgIpc) is 2.58. The number of ether oxygens (including phenoxy) is 1. The SMILES string of the molecule is C=CCN(CC=C)C(=O)COC(=O)c1cccc(NS(=O)(=O)CCC)c1. The number of nitrogens with one attached hydrogen (secondary N) is 1. The molecule has 0 fully saturated rings. The predicted molar refractivity (Wildman–Crippen MR) is 101 cm³/mol. The van der Waals surface area contributed by atoms with Crippen molar-refractivity contribution >= 4 is 27.6 Å². The minimum atomic E-state index is -3.46. The van der Waals surface area contributed by atoms with E-state index in [2.05, 4.69) is 17.9 Å². The third kappa shape index (κ3) is 7.10. The van der Waals surface area contributed by atoms with Crippen LogP contribution < -0.4 is 4.72 Å². The molecule has 1 aromatic rings. The van der Waals surface area contributed by atoms with Gasteiger partial charge in [-0.15, -0.1) is 13.2 Å². The van der Waals surface area contributed by atoms with E-state index in [-0.39, 0.29) is 22.9 Å². The molecule has 26 heavy (non-hydrogen) atoms. The van der Waals surface area contributed by atoms with Crippen LogP contribution in [0.2, 0.25) is 0 Å². The molecule has 1 N–H and O–H groups in total. The summed E-state index contributed by atoms with van der Waals surface area (Å²) < 4.78 is 31.0. The van der Waals surface area contributed by atoms with Crippen LogP contribution in [0.15, 0.2) is 49.6 Å². The molecule has 0 aromatic heterocycles. The zero-order valence-corrected chi connectivity index (χ0v) is 15.6. The molecule has 0 radical (unpaired) electrons. The highest BCUT2D eigenvalue weighted by Crippen LogP contribution is 2.14. The fourth-order valence-corrected chi connectivity index (χ4v) is 3.23. The lowest BCUT2D eigenvalue weighted by Gasteiger charge is -2.19. The summed E-state index contributed by atoms with van der Waals surface area (Å²) in [6.07, 6.45) is 3.61. The lowest BCUT2D eigenvalue weighted by molar-refractivity contribution is -0.133. The smallest absolute Gasteiger partial charge is 0.338 e. The molecule has 0 saturated heterocycles. The van der Waals surface area contributed by atoms with Gasteiger partial charge in [0.2, 0.25) is 10.0 Å². The highest BCUT2D eigenvalue weighted by atomic mass is 32.2. The number of hydrogen-bond donors (Lipinski definition) is 1. The van der Waals surface area contributed by atoms with Crippen molar-refractivity contribution in [1.82, 2.24) is 4.90 Å². The van der Waals surface area contributed by atoms with Crippen LogP contribution in [0.4, 0.5) is 5.69 Å². The fraction of sp³-hybridized carbons (Fsp3) is 0.333. The van der Waals surface area contributed by atoms with E-state index in [0.29, 0.717) is 19.5 Å². The van der Waals surface area contributed by atoms with E-state index in [0.717, 1.165) is 0 Å². The normalized spacial score (nSPS) is 10.7. The number of esters is 1. The van der Waals surface area contributed by atoms with Gasteiger partial charge in [0.05, 0.1) is 11.3 Å². The molecule has 1 amide bonds. The maximum atomic E-state index is 12.1. The topological polar surface area (TPSA) is 92.8 Å². The van der Waals surface area contributed by atoms with Crippen LogP contribution in [0.25, 0.3) is 0 Å². The number of carbonyl (C=O) groups excluding carboxylic acids is 2. The largest absolute Gasteiger partial charge is 0.452 e. The van der Waals surface area contributed by atoms with E-state index < -0.39 is 22.6 Å². The maximum absolute atomic E-state index is 12.1. The molecule has 0 bridgehead atoms. The van der Waals surface area contributed by atoms with Crippen LogP contribution in [0.3, 0.4) is 0 Å². The van der Waals surface area contributed by atoms with E-state index in [1.54, 1.807) is 19.1 Å². The standard InChI is InChI=1S/C18H24N2O5S/c1-4-10-20(11-5-2)17(21)14-25-18(22)15-8-7-9-16(13-15)19-26(23,24)12-6-3/h4-5,7-9,13,19H,1-2,6,10-12,14H2,3H3. The molecule has 0 spiro atoms. The summed E-state index contributed by atoms with van der Waals surface area (Å²) in [4.78, 5) is 25.6. The van der Waals surface area contributed by atoms with E-state index in [1.807, 2.05) is 0 Å². The Bertz CT molecular complexity index is 749. The van der Waals surface area contributed by atoms with Gasteiger partial charge in [0, 0.05) is 18.8 Å². The molecule has 0 heterocycles. The maximum Gasteiger partial charge on any atom is 0.338 e. The second-order valence-electron chi connectivity index (χ2n) is 5.45. The number of carbonyl (C=O) groups is 2. The molecule has 0 aliphatic carbocycles. The molecule has 7 nitrogen and oxygen atoms in total. The van der Waals surface area contributed by atoms with Crippen LogP contribution in [-0.2, 0) is 19.6 Å². The monoisotopic (exact) mass is 380 g/mol. The molecule has 0 unspecified atom stereocenters. The molecule has 1 rings (SSSR count). The Hall–Kier alpha value is -2.61. The van der Waals surface area contributed by atoms with Crippen LogP contribution in [-0.4, -0.2) is 50.6 Å². The van der Waals surface area contributed by atoms with Gasteiger partial charge in [0.15, 0.2) is 6.61 Å². The first-order valence-corrected chi connectivity index (χ1v) is 9.75. The van der Waals surface area contributed by atoms with Gasteiger partial charge in [-0.25, -0.2) is 13.2 Å². The molecule has 0 aliphatic rings. The predicted octanol–water partition coefficient (Wildman–Crippen LogP) is 2.20. The van der Waals surface area contributed by atoms with Crippen LogP contribution in [0.5, 0.6) is 0 Å². The van der Waals surface area contributed by atoms with Crippen LogP contribution in [0.1, 0.15) is 23.7 Å². The van der Waals surface area contributed by atoms with Gasteiger partial charge in [0.25, 0.3) is 5.91 Å². The molecule has 1 aromatic carbocycles. The van der Waals surface area contributed by atoms with Crippen molar-refractivity contribution in [2.45, 2.75) is 13.3 Å². The van der Waals surface area contributed by atoms with Crippen molar-refractivity contribution in [3.05, 3.63) is 55.1 Å². The average molecular weight is 380 g/mol. The minimum absolute atomic E-state index is 0.0153. The Morgan fingerprint density at radius 2 is 1.88 bits per heavy atom. The summed E-state index contributed by atoms with van der Waals surface area (Å²) in [5, 5.41) is 0. The highest BCUT2D eigenvalue weighted by Gasteiger charge is 2.16. The zero-order chi connectivity index (χ0) is 19.6. The van der Waals surface area contributed by atoms with Crippen LogP contribution in [0, 0.1) is 0 Å². The Balaban J connectivity index is 2.73. The Morgan fingerprint density at radius 1 is 1.23 bits per heavy atom. The third-order valence-corrected chi connectivity index (χ3v) is 4.72. The lowest BCUT2D eigenvalue weighted by Crippen LogP contribution is -2.35. The van der Waals surface area contributed by atoms with Gasteiger partial charge < -0.3 is 9.64 Å². The molecular weight excluding hydrogens is 356 g/mol. The van der Waals surface area contributed by atoms with Crippen molar-refractivity contribution in [3.8, 4) is 0 Å². The Labute approximate surface area is 154 Å². The minimum Gasteiger partial charge on any atom is -0.452 e. The van der Waals surface area contributed by atoms with Gasteiger partial charge in [0.1, 0.15) is 0 Å². The van der Waals surface area contributed by atoms with E-state index in [9.17, 15) is 18.0 Å². The first-order valence-electron chi connectivity index (χ1n) is 8.10. The second kappa shape index (κ2) is 10.4. The molecular formula is C18H24N2O5S. The quantitative estimate of drug-likeness (QED) is 0.469. The summed E-state index contributed by atoms with van der Waals surface area (Å²) in [7, 11) is -3.46. The number of benzene rings is 1. The van der Waals surface area contributed by atoms with Crippen molar-refractivity contribution < 1.29 is 22.7 Å². The fourth-order valence-electron chi connectivity index (χ4n) is 2.10. The lowest BCUT2D eigenvalue weighted by atomic mass is 10.2. The second-order valence-corrected chi connectivity index (χ2v) is 7.30. The van der Waals surface area contributed by atoms with Crippen LogP contribution >= 0.6 is 0 Å². The first kappa shape index (κ1) is 21.4. The summed E-state index contributed by atoms with van der Waals surface area (Å²) in [6.45, 7) is 9.10. The molecule has 8 heteroatoms. The zero-order valence-electron chi connectivity index (χ0n) is 14.8. The van der Waals surface area contributed by atoms with Crippen molar-refractivity contribution in [3.63, 3.8) is 0 Å². The summed E-state index contributed by atoms with van der Waals surface area (Å²) in [5.74, 6) is -1.11. The van der Waals surface area contributed by atoms with Gasteiger partial charge in [-0.2, -0.15) is 0 Å². The number of amides is 1. The molecule has 0 saturated carbocycles. The van der Waals surface area contributed by atoms with Gasteiger partial charge >= 0.3 is 5.97 Å². The van der Waals surface area contributed by atoms with Crippen molar-refractivity contribution in [1.29, 1.82) is 0 Å². The third-order valence-electron chi connectivity index (χ3n) is 3.22. The molecule has 142 valence electrons. The van der Waals surface area contributed by atoms with Gasteiger partial charge in [-0.3, -0.25) is 9.52 Å². The van der Waals surface area contributed by atoms with E-state index in [1.165, 1.54) is 29.2 Å². The van der Waals surface area contributed by atoms with Gasteiger partial charge in [-0.1, -0.05) is 25.1 Å².